The molecule has 1 aliphatic heterocycles. The minimum absolute atomic E-state index is 0.676. The standard InChI is InChI=1S/C14H18ClN3S2/c1-9-4-3-5-18(9)7-12-13(17-14(16-2)20-12)11-6-10(15)8-19-11/h6,8-9H,3-5,7H2,1-2H3,(H,16,17). The van der Waals surface area contributed by atoms with Gasteiger partial charge in [-0.15, -0.1) is 22.7 Å². The summed E-state index contributed by atoms with van der Waals surface area (Å²) in [5, 5.41) is 6.90. The van der Waals surface area contributed by atoms with Gasteiger partial charge < -0.3 is 5.32 Å². The van der Waals surface area contributed by atoms with E-state index < -0.39 is 0 Å². The number of nitrogens with zero attached hydrogens (tertiary/aromatic N) is 2. The SMILES string of the molecule is CNc1nc(-c2cc(Cl)cs2)c(CN2CCCC2C)s1. The van der Waals surface area contributed by atoms with Crippen LogP contribution in [0, 0.1) is 0 Å². The second kappa shape index (κ2) is 6.02. The molecule has 3 nitrogen and oxygen atoms in total. The fourth-order valence-electron chi connectivity index (χ4n) is 2.61. The normalized spacial score (nSPS) is 19.6. The van der Waals surface area contributed by atoms with Crippen LogP contribution in [0.3, 0.4) is 0 Å². The molecule has 0 bridgehead atoms. The molecule has 0 spiro atoms. The van der Waals surface area contributed by atoms with Crippen LogP contribution in [0.1, 0.15) is 24.6 Å². The summed E-state index contributed by atoms with van der Waals surface area (Å²) in [6.07, 6.45) is 2.61. The van der Waals surface area contributed by atoms with Gasteiger partial charge in [-0.25, -0.2) is 4.98 Å². The van der Waals surface area contributed by atoms with Crippen molar-refractivity contribution in [2.45, 2.75) is 32.4 Å². The van der Waals surface area contributed by atoms with Gasteiger partial charge in [-0.2, -0.15) is 0 Å². The van der Waals surface area contributed by atoms with E-state index in [9.17, 15) is 0 Å². The molecule has 0 aliphatic carbocycles. The molecule has 1 saturated heterocycles. The van der Waals surface area contributed by atoms with Gasteiger partial charge in [0.1, 0.15) is 0 Å². The van der Waals surface area contributed by atoms with E-state index in [0.29, 0.717) is 6.04 Å². The van der Waals surface area contributed by atoms with Gasteiger partial charge in [0.2, 0.25) is 0 Å². The van der Waals surface area contributed by atoms with Gasteiger partial charge in [0.05, 0.1) is 15.6 Å². The van der Waals surface area contributed by atoms with Crippen molar-refractivity contribution < 1.29 is 0 Å². The van der Waals surface area contributed by atoms with Crippen molar-refractivity contribution in [2.75, 3.05) is 18.9 Å². The maximum absolute atomic E-state index is 6.06. The third kappa shape index (κ3) is 2.86. The minimum atomic E-state index is 0.676. The zero-order valence-corrected chi connectivity index (χ0v) is 14.0. The van der Waals surface area contributed by atoms with E-state index in [4.69, 9.17) is 16.6 Å². The van der Waals surface area contributed by atoms with E-state index in [1.54, 1.807) is 22.7 Å². The topological polar surface area (TPSA) is 28.2 Å². The van der Waals surface area contributed by atoms with Gasteiger partial charge >= 0.3 is 0 Å². The molecule has 20 heavy (non-hydrogen) atoms. The van der Waals surface area contributed by atoms with E-state index in [2.05, 4.69) is 17.1 Å². The second-order valence-corrected chi connectivity index (χ2v) is 7.56. The molecule has 2 aromatic rings. The first-order valence-electron chi connectivity index (χ1n) is 6.83. The van der Waals surface area contributed by atoms with Crippen LogP contribution in [0.4, 0.5) is 5.13 Å². The molecule has 3 heterocycles. The fraction of sp³-hybridized carbons (Fsp3) is 0.500. The molecule has 1 atom stereocenters. The monoisotopic (exact) mass is 327 g/mol. The lowest BCUT2D eigenvalue weighted by molar-refractivity contribution is 0.263. The molecule has 1 aliphatic rings. The summed E-state index contributed by atoms with van der Waals surface area (Å²) < 4.78 is 0. The van der Waals surface area contributed by atoms with Crippen LogP contribution in [0.15, 0.2) is 11.4 Å². The van der Waals surface area contributed by atoms with Crippen molar-refractivity contribution in [3.8, 4) is 10.6 Å². The zero-order chi connectivity index (χ0) is 14.1. The fourth-order valence-corrected chi connectivity index (χ4v) is 4.72. The third-order valence-electron chi connectivity index (χ3n) is 3.75. The Bertz CT molecular complexity index is 593. The van der Waals surface area contributed by atoms with Crippen molar-refractivity contribution in [1.29, 1.82) is 0 Å². The van der Waals surface area contributed by atoms with Gasteiger partial charge in [0, 0.05) is 29.9 Å². The highest BCUT2D eigenvalue weighted by Gasteiger charge is 2.23. The van der Waals surface area contributed by atoms with E-state index >= 15 is 0 Å². The highest BCUT2D eigenvalue weighted by molar-refractivity contribution is 7.17. The molecule has 1 fully saturated rings. The van der Waals surface area contributed by atoms with E-state index in [-0.39, 0.29) is 0 Å². The van der Waals surface area contributed by atoms with Gasteiger partial charge in [0.15, 0.2) is 5.13 Å². The van der Waals surface area contributed by atoms with Crippen LogP contribution in [-0.4, -0.2) is 29.5 Å². The van der Waals surface area contributed by atoms with Crippen LogP contribution in [0.25, 0.3) is 10.6 Å². The summed E-state index contributed by atoms with van der Waals surface area (Å²) >= 11 is 9.47. The van der Waals surface area contributed by atoms with Gasteiger partial charge in [-0.05, 0) is 32.4 Å². The van der Waals surface area contributed by atoms with Gasteiger partial charge in [0.25, 0.3) is 0 Å². The number of thiazole rings is 1. The average molecular weight is 328 g/mol. The number of aromatic nitrogens is 1. The Hall–Kier alpha value is -0.620. The molecule has 0 amide bonds. The molecular formula is C14H18ClN3S2. The minimum Gasteiger partial charge on any atom is -0.365 e. The summed E-state index contributed by atoms with van der Waals surface area (Å²) in [6.45, 7) is 4.50. The maximum atomic E-state index is 6.06. The van der Waals surface area contributed by atoms with E-state index in [0.717, 1.165) is 27.3 Å². The Morgan fingerprint density at radius 3 is 3.00 bits per heavy atom. The molecule has 1 N–H and O–H groups in total. The van der Waals surface area contributed by atoms with Crippen LogP contribution in [-0.2, 0) is 6.54 Å². The number of thiophene rings is 1. The molecular weight excluding hydrogens is 310 g/mol. The van der Waals surface area contributed by atoms with E-state index in [1.807, 2.05) is 18.5 Å². The Morgan fingerprint density at radius 2 is 2.40 bits per heavy atom. The van der Waals surface area contributed by atoms with Crippen molar-refractivity contribution in [3.05, 3.63) is 21.3 Å². The number of likely N-dealkylation sites (tertiary alicyclic amines) is 1. The zero-order valence-electron chi connectivity index (χ0n) is 11.6. The summed E-state index contributed by atoms with van der Waals surface area (Å²) in [5.41, 5.74) is 1.09. The van der Waals surface area contributed by atoms with Crippen molar-refractivity contribution >= 4 is 39.4 Å². The van der Waals surface area contributed by atoms with Crippen molar-refractivity contribution in [2.24, 2.45) is 0 Å². The first-order valence-corrected chi connectivity index (χ1v) is 8.90. The number of hydrogen-bond donors (Lipinski definition) is 1. The summed E-state index contributed by atoms with van der Waals surface area (Å²) in [4.78, 5) is 9.76. The Balaban J connectivity index is 1.90. The number of halogens is 1. The largest absolute Gasteiger partial charge is 0.365 e. The summed E-state index contributed by atoms with van der Waals surface area (Å²) in [5.74, 6) is 0. The van der Waals surface area contributed by atoms with Crippen LogP contribution in [0.5, 0.6) is 0 Å². The van der Waals surface area contributed by atoms with Gasteiger partial charge in [-0.3, -0.25) is 4.90 Å². The Morgan fingerprint density at radius 1 is 1.55 bits per heavy atom. The van der Waals surface area contributed by atoms with Crippen LogP contribution in [0.2, 0.25) is 5.02 Å². The molecule has 2 aromatic heterocycles. The second-order valence-electron chi connectivity index (χ2n) is 5.13. The molecule has 6 heteroatoms. The van der Waals surface area contributed by atoms with Crippen LogP contribution < -0.4 is 5.32 Å². The Kier molecular flexibility index (Phi) is 4.31. The lowest BCUT2D eigenvalue weighted by atomic mass is 10.2. The number of hydrogen-bond acceptors (Lipinski definition) is 5. The van der Waals surface area contributed by atoms with Crippen molar-refractivity contribution in [1.82, 2.24) is 9.88 Å². The smallest absolute Gasteiger partial charge is 0.183 e. The predicted octanol–water partition coefficient (Wildman–Crippen LogP) is 4.55. The highest BCUT2D eigenvalue weighted by atomic mass is 35.5. The molecule has 0 radical (unpaired) electrons. The number of anilines is 1. The number of rotatable bonds is 4. The summed E-state index contributed by atoms with van der Waals surface area (Å²) in [7, 11) is 1.92. The number of nitrogens with one attached hydrogen (secondary N) is 1. The third-order valence-corrected chi connectivity index (χ3v) is 6.09. The lowest BCUT2D eigenvalue weighted by Crippen LogP contribution is -2.25. The highest BCUT2D eigenvalue weighted by Crippen LogP contribution is 2.37. The lowest BCUT2D eigenvalue weighted by Gasteiger charge is -2.20. The quantitative estimate of drug-likeness (QED) is 0.892. The molecule has 0 aromatic carbocycles. The molecule has 108 valence electrons. The van der Waals surface area contributed by atoms with Crippen molar-refractivity contribution in [3.63, 3.8) is 0 Å². The maximum Gasteiger partial charge on any atom is 0.183 e. The average Bonchev–Trinajstić information content (AvgIpc) is 3.12. The predicted molar refractivity (Wildman–Crippen MR) is 89.1 cm³/mol. The Labute approximate surface area is 132 Å². The first kappa shape index (κ1) is 14.3. The first-order chi connectivity index (χ1) is 9.67. The van der Waals surface area contributed by atoms with Gasteiger partial charge in [-0.1, -0.05) is 11.6 Å². The van der Waals surface area contributed by atoms with Crippen LogP contribution >= 0.6 is 34.3 Å². The van der Waals surface area contributed by atoms with E-state index in [1.165, 1.54) is 24.3 Å². The molecule has 3 rings (SSSR count). The summed E-state index contributed by atoms with van der Waals surface area (Å²) in [6, 6.07) is 2.69. The molecule has 1 unspecified atom stereocenters. The molecule has 0 saturated carbocycles.